The maximum atomic E-state index is 11.0. The topological polar surface area (TPSA) is 40.5 Å². The second-order valence-corrected chi connectivity index (χ2v) is 5.56. The van der Waals surface area contributed by atoms with Crippen LogP contribution >= 0.6 is 11.8 Å². The molecule has 0 radical (unpaired) electrons. The summed E-state index contributed by atoms with van der Waals surface area (Å²) < 4.78 is 0. The van der Waals surface area contributed by atoms with Crippen molar-refractivity contribution < 1.29 is 9.90 Å². The fraction of sp³-hybridized carbons (Fsp3) is 0.909. The lowest BCUT2D eigenvalue weighted by Crippen LogP contribution is -2.53. The number of rotatable bonds is 5. The van der Waals surface area contributed by atoms with Crippen LogP contribution in [0.2, 0.25) is 0 Å². The summed E-state index contributed by atoms with van der Waals surface area (Å²) in [4.78, 5) is 13.3. The molecule has 0 amide bonds. The molecule has 4 heteroatoms. The molecule has 0 aromatic carbocycles. The fourth-order valence-corrected chi connectivity index (χ4v) is 4.13. The van der Waals surface area contributed by atoms with Crippen LogP contribution in [0.4, 0.5) is 0 Å². The monoisotopic (exact) mass is 231 g/mol. The zero-order valence-corrected chi connectivity index (χ0v) is 10.6. The molecule has 2 unspecified atom stereocenters. The van der Waals surface area contributed by atoms with Crippen molar-refractivity contribution in [3.63, 3.8) is 0 Å². The standard InChI is InChI=1S/C11H21NO2S/c1-4-12(5-2)11(8-10(13)14)6-7-15-9(11)3/h9H,4-8H2,1-3H3,(H,13,14). The minimum absolute atomic E-state index is 0.111. The third-order valence-corrected chi connectivity index (χ3v) is 4.89. The second kappa shape index (κ2) is 5.21. The first-order chi connectivity index (χ1) is 7.06. The van der Waals surface area contributed by atoms with Crippen LogP contribution in [-0.2, 0) is 4.79 Å². The third kappa shape index (κ3) is 2.48. The van der Waals surface area contributed by atoms with Crippen molar-refractivity contribution in [1.82, 2.24) is 4.90 Å². The Morgan fingerprint density at radius 2 is 2.13 bits per heavy atom. The van der Waals surface area contributed by atoms with Crippen LogP contribution in [-0.4, -0.2) is 45.6 Å². The number of carbonyl (C=O) groups is 1. The highest BCUT2D eigenvalue weighted by atomic mass is 32.2. The van der Waals surface area contributed by atoms with E-state index in [1.54, 1.807) is 0 Å². The van der Waals surface area contributed by atoms with Gasteiger partial charge in [0.25, 0.3) is 0 Å². The lowest BCUT2D eigenvalue weighted by molar-refractivity contribution is -0.140. The summed E-state index contributed by atoms with van der Waals surface area (Å²) in [7, 11) is 0. The number of thioether (sulfide) groups is 1. The highest BCUT2D eigenvalue weighted by molar-refractivity contribution is 8.00. The molecule has 0 bridgehead atoms. The predicted octanol–water partition coefficient (Wildman–Crippen LogP) is 2.07. The van der Waals surface area contributed by atoms with Gasteiger partial charge in [0.05, 0.1) is 6.42 Å². The van der Waals surface area contributed by atoms with Crippen LogP contribution in [0.1, 0.15) is 33.6 Å². The van der Waals surface area contributed by atoms with E-state index in [-0.39, 0.29) is 12.0 Å². The van der Waals surface area contributed by atoms with Gasteiger partial charge < -0.3 is 5.11 Å². The van der Waals surface area contributed by atoms with E-state index >= 15 is 0 Å². The predicted molar refractivity (Wildman–Crippen MR) is 64.4 cm³/mol. The minimum atomic E-state index is -0.670. The highest BCUT2D eigenvalue weighted by Crippen LogP contribution is 2.42. The van der Waals surface area contributed by atoms with Crippen molar-refractivity contribution in [3.05, 3.63) is 0 Å². The van der Waals surface area contributed by atoms with Crippen molar-refractivity contribution in [3.8, 4) is 0 Å². The summed E-state index contributed by atoms with van der Waals surface area (Å²) in [6.45, 7) is 8.27. The SMILES string of the molecule is CCN(CC)C1(CC(=O)O)CCSC1C. The maximum Gasteiger partial charge on any atom is 0.305 e. The molecule has 1 fully saturated rings. The molecule has 0 saturated carbocycles. The molecule has 1 heterocycles. The maximum absolute atomic E-state index is 11.0. The molecule has 1 aliphatic heterocycles. The van der Waals surface area contributed by atoms with Gasteiger partial charge in [0, 0.05) is 10.8 Å². The van der Waals surface area contributed by atoms with Crippen molar-refractivity contribution in [2.75, 3.05) is 18.8 Å². The second-order valence-electron chi connectivity index (χ2n) is 4.11. The summed E-state index contributed by atoms with van der Waals surface area (Å²) in [6.07, 6.45) is 1.29. The number of hydrogen-bond donors (Lipinski definition) is 1. The van der Waals surface area contributed by atoms with Gasteiger partial charge in [0.15, 0.2) is 0 Å². The van der Waals surface area contributed by atoms with E-state index in [0.29, 0.717) is 5.25 Å². The molecule has 0 spiro atoms. The minimum Gasteiger partial charge on any atom is -0.481 e. The van der Waals surface area contributed by atoms with E-state index in [1.807, 2.05) is 11.8 Å². The van der Waals surface area contributed by atoms with Gasteiger partial charge in [-0.2, -0.15) is 11.8 Å². The molecule has 1 rings (SSSR count). The van der Waals surface area contributed by atoms with Crippen LogP contribution in [0.25, 0.3) is 0 Å². The lowest BCUT2D eigenvalue weighted by atomic mass is 9.86. The van der Waals surface area contributed by atoms with Gasteiger partial charge in [-0.3, -0.25) is 9.69 Å². The molecule has 15 heavy (non-hydrogen) atoms. The van der Waals surface area contributed by atoms with Gasteiger partial charge in [-0.1, -0.05) is 20.8 Å². The normalized spacial score (nSPS) is 31.1. The molecular formula is C11H21NO2S. The third-order valence-electron chi connectivity index (χ3n) is 3.51. The van der Waals surface area contributed by atoms with Gasteiger partial charge in [0.1, 0.15) is 0 Å². The van der Waals surface area contributed by atoms with E-state index < -0.39 is 5.97 Å². The molecule has 1 saturated heterocycles. The van der Waals surface area contributed by atoms with Crippen LogP contribution in [0.3, 0.4) is 0 Å². The molecule has 3 nitrogen and oxygen atoms in total. The van der Waals surface area contributed by atoms with E-state index in [4.69, 9.17) is 5.11 Å². The smallest absolute Gasteiger partial charge is 0.305 e. The van der Waals surface area contributed by atoms with Gasteiger partial charge in [-0.25, -0.2) is 0 Å². The Morgan fingerprint density at radius 1 is 1.53 bits per heavy atom. The molecule has 0 aromatic rings. The quantitative estimate of drug-likeness (QED) is 0.786. The summed E-state index contributed by atoms with van der Waals surface area (Å²) in [5, 5.41) is 9.49. The Balaban J connectivity index is 2.89. The average Bonchev–Trinajstić information content (AvgIpc) is 2.50. The zero-order valence-electron chi connectivity index (χ0n) is 9.82. The Hall–Kier alpha value is -0.220. The molecule has 1 aliphatic rings. The van der Waals surface area contributed by atoms with E-state index in [0.717, 1.165) is 25.3 Å². The number of carboxylic acid groups (broad SMARTS) is 1. The summed E-state index contributed by atoms with van der Waals surface area (Å²) >= 11 is 1.90. The van der Waals surface area contributed by atoms with E-state index in [1.165, 1.54) is 0 Å². The zero-order chi connectivity index (χ0) is 11.5. The molecule has 0 aromatic heterocycles. The van der Waals surface area contributed by atoms with Gasteiger partial charge in [-0.05, 0) is 25.3 Å². The summed E-state index contributed by atoms with van der Waals surface area (Å²) in [6, 6.07) is 0. The number of nitrogens with zero attached hydrogens (tertiary/aromatic N) is 1. The van der Waals surface area contributed by atoms with E-state index in [2.05, 4.69) is 25.7 Å². The van der Waals surface area contributed by atoms with Crippen molar-refractivity contribution in [2.45, 2.75) is 44.4 Å². The Labute approximate surface area is 96.2 Å². The van der Waals surface area contributed by atoms with Crippen LogP contribution < -0.4 is 0 Å². The lowest BCUT2D eigenvalue weighted by Gasteiger charge is -2.42. The molecule has 1 N–H and O–H groups in total. The van der Waals surface area contributed by atoms with Crippen LogP contribution in [0.15, 0.2) is 0 Å². The molecular weight excluding hydrogens is 210 g/mol. The number of carboxylic acids is 1. The largest absolute Gasteiger partial charge is 0.481 e. The Morgan fingerprint density at radius 3 is 2.47 bits per heavy atom. The van der Waals surface area contributed by atoms with Crippen molar-refractivity contribution >= 4 is 17.7 Å². The Bertz CT molecular complexity index is 231. The first-order valence-corrected chi connectivity index (χ1v) is 6.70. The van der Waals surface area contributed by atoms with Crippen LogP contribution in [0, 0.1) is 0 Å². The van der Waals surface area contributed by atoms with E-state index in [9.17, 15) is 4.79 Å². The molecule has 2 atom stereocenters. The van der Waals surface area contributed by atoms with Gasteiger partial charge in [0.2, 0.25) is 0 Å². The summed E-state index contributed by atoms with van der Waals surface area (Å²) in [5.41, 5.74) is -0.111. The van der Waals surface area contributed by atoms with Gasteiger partial charge >= 0.3 is 5.97 Å². The summed E-state index contributed by atoms with van der Waals surface area (Å²) in [5.74, 6) is 0.418. The highest BCUT2D eigenvalue weighted by Gasteiger charge is 2.46. The number of aliphatic carboxylic acids is 1. The first kappa shape index (κ1) is 12.8. The fourth-order valence-electron chi connectivity index (χ4n) is 2.65. The van der Waals surface area contributed by atoms with Gasteiger partial charge in [-0.15, -0.1) is 0 Å². The molecule has 88 valence electrons. The van der Waals surface area contributed by atoms with Crippen molar-refractivity contribution in [2.24, 2.45) is 0 Å². The average molecular weight is 231 g/mol. The Kier molecular flexibility index (Phi) is 4.46. The molecule has 0 aliphatic carbocycles. The first-order valence-electron chi connectivity index (χ1n) is 5.65. The van der Waals surface area contributed by atoms with Crippen LogP contribution in [0.5, 0.6) is 0 Å². The number of hydrogen-bond acceptors (Lipinski definition) is 3. The van der Waals surface area contributed by atoms with Crippen molar-refractivity contribution in [1.29, 1.82) is 0 Å².